The minimum atomic E-state index is -0.461. The van der Waals surface area contributed by atoms with Gasteiger partial charge in [0, 0.05) is 23.4 Å². The maximum Gasteiger partial charge on any atom is 0.270 e. The first kappa shape index (κ1) is 18.2. The Morgan fingerprint density at radius 1 is 0.897 bits per heavy atom. The van der Waals surface area contributed by atoms with Crippen molar-refractivity contribution in [1.82, 2.24) is 5.32 Å². The zero-order chi connectivity index (χ0) is 20.2. The van der Waals surface area contributed by atoms with Crippen molar-refractivity contribution in [2.24, 2.45) is 0 Å². The number of rotatable bonds is 5. The SMILES string of the molecule is O=C1NC(c2ccc(Oc3ccccc3)cc2)=C/C1=C\c1cccc([N+](=O)[O-])c1. The van der Waals surface area contributed by atoms with Crippen molar-refractivity contribution in [2.75, 3.05) is 0 Å². The molecule has 0 atom stereocenters. The van der Waals surface area contributed by atoms with Crippen LogP contribution in [0, 0.1) is 10.1 Å². The summed E-state index contributed by atoms with van der Waals surface area (Å²) in [4.78, 5) is 22.8. The third-order valence-corrected chi connectivity index (χ3v) is 4.36. The highest BCUT2D eigenvalue weighted by Gasteiger charge is 2.19. The fourth-order valence-electron chi connectivity index (χ4n) is 2.95. The Morgan fingerprint density at radius 3 is 2.34 bits per heavy atom. The smallest absolute Gasteiger partial charge is 0.270 e. The number of hydrogen-bond donors (Lipinski definition) is 1. The van der Waals surface area contributed by atoms with E-state index in [1.54, 1.807) is 24.3 Å². The molecule has 0 bridgehead atoms. The van der Waals surface area contributed by atoms with E-state index in [-0.39, 0.29) is 11.6 Å². The van der Waals surface area contributed by atoms with Gasteiger partial charge in [-0.05, 0) is 59.7 Å². The van der Waals surface area contributed by atoms with Gasteiger partial charge in [0.2, 0.25) is 0 Å². The second-order valence-corrected chi connectivity index (χ2v) is 6.40. The monoisotopic (exact) mass is 384 g/mol. The number of nitrogens with one attached hydrogen (secondary N) is 1. The molecule has 1 heterocycles. The predicted molar refractivity (Wildman–Crippen MR) is 110 cm³/mol. The number of para-hydroxylation sites is 1. The average molecular weight is 384 g/mol. The Labute approximate surface area is 166 Å². The Bertz CT molecular complexity index is 1130. The van der Waals surface area contributed by atoms with Crippen LogP contribution in [0.1, 0.15) is 11.1 Å². The molecular weight excluding hydrogens is 368 g/mol. The molecule has 1 amide bonds. The van der Waals surface area contributed by atoms with Gasteiger partial charge in [-0.1, -0.05) is 30.3 Å². The number of nitrogens with zero attached hydrogens (tertiary/aromatic N) is 1. The molecule has 0 unspecified atom stereocenters. The minimum Gasteiger partial charge on any atom is -0.457 e. The van der Waals surface area contributed by atoms with Gasteiger partial charge in [-0.3, -0.25) is 14.9 Å². The standard InChI is InChI=1S/C23H16N2O4/c26-23-18(13-16-5-4-6-19(14-16)25(27)28)15-22(24-23)17-9-11-21(12-10-17)29-20-7-2-1-3-8-20/h1-15H,(H,24,26)/b18-13+. The molecule has 0 aromatic heterocycles. The van der Waals surface area contributed by atoms with Gasteiger partial charge in [0.25, 0.3) is 11.6 Å². The van der Waals surface area contributed by atoms with Crippen LogP contribution in [0.15, 0.2) is 90.5 Å². The van der Waals surface area contributed by atoms with E-state index in [0.29, 0.717) is 22.6 Å². The Balaban J connectivity index is 1.54. The fourth-order valence-corrected chi connectivity index (χ4v) is 2.95. The maximum atomic E-state index is 12.3. The van der Waals surface area contributed by atoms with Crippen LogP contribution >= 0.6 is 0 Å². The first-order valence-electron chi connectivity index (χ1n) is 8.91. The van der Waals surface area contributed by atoms with E-state index in [0.717, 1.165) is 11.3 Å². The molecule has 6 nitrogen and oxygen atoms in total. The van der Waals surface area contributed by atoms with Gasteiger partial charge >= 0.3 is 0 Å². The molecule has 6 heteroatoms. The summed E-state index contributed by atoms with van der Waals surface area (Å²) in [6, 6.07) is 23.0. The van der Waals surface area contributed by atoms with Gasteiger partial charge in [0.1, 0.15) is 11.5 Å². The van der Waals surface area contributed by atoms with Gasteiger partial charge in [-0.25, -0.2) is 0 Å². The summed E-state index contributed by atoms with van der Waals surface area (Å²) in [6.07, 6.45) is 3.36. The zero-order valence-electron chi connectivity index (χ0n) is 15.2. The minimum absolute atomic E-state index is 0.0176. The average Bonchev–Trinajstić information content (AvgIpc) is 3.10. The van der Waals surface area contributed by atoms with E-state index >= 15 is 0 Å². The van der Waals surface area contributed by atoms with Crippen molar-refractivity contribution in [3.63, 3.8) is 0 Å². The molecule has 0 saturated heterocycles. The van der Waals surface area contributed by atoms with Crippen LogP contribution in [0.3, 0.4) is 0 Å². The van der Waals surface area contributed by atoms with Crippen molar-refractivity contribution in [3.05, 3.63) is 112 Å². The van der Waals surface area contributed by atoms with E-state index in [2.05, 4.69) is 5.32 Å². The lowest BCUT2D eigenvalue weighted by Gasteiger charge is -2.07. The molecule has 0 radical (unpaired) electrons. The molecule has 3 aromatic rings. The van der Waals surface area contributed by atoms with E-state index in [1.807, 2.05) is 54.6 Å². The summed E-state index contributed by atoms with van der Waals surface area (Å²) < 4.78 is 5.77. The normalized spacial score (nSPS) is 14.4. The van der Waals surface area contributed by atoms with E-state index in [1.165, 1.54) is 12.1 Å². The summed E-state index contributed by atoms with van der Waals surface area (Å²) in [5, 5.41) is 13.7. The summed E-state index contributed by atoms with van der Waals surface area (Å²) in [5.74, 6) is 1.18. The molecule has 3 aromatic carbocycles. The topological polar surface area (TPSA) is 81.5 Å². The Kier molecular flexibility index (Phi) is 4.90. The van der Waals surface area contributed by atoms with Crippen LogP contribution in [-0.4, -0.2) is 10.8 Å². The lowest BCUT2D eigenvalue weighted by Crippen LogP contribution is -2.15. The summed E-state index contributed by atoms with van der Waals surface area (Å²) >= 11 is 0. The number of hydrogen-bond acceptors (Lipinski definition) is 4. The molecule has 1 aliphatic heterocycles. The molecule has 0 aliphatic carbocycles. The fraction of sp³-hybridized carbons (Fsp3) is 0. The molecular formula is C23H16N2O4. The van der Waals surface area contributed by atoms with Crippen LogP contribution in [-0.2, 0) is 4.79 Å². The number of non-ortho nitro benzene ring substituents is 1. The first-order valence-corrected chi connectivity index (χ1v) is 8.91. The largest absolute Gasteiger partial charge is 0.457 e. The van der Waals surface area contributed by atoms with Crippen LogP contribution in [0.25, 0.3) is 11.8 Å². The zero-order valence-corrected chi connectivity index (χ0v) is 15.2. The molecule has 0 fully saturated rings. The van der Waals surface area contributed by atoms with Crippen LogP contribution in [0.5, 0.6) is 11.5 Å². The van der Waals surface area contributed by atoms with Crippen LogP contribution in [0.2, 0.25) is 0 Å². The van der Waals surface area contributed by atoms with Crippen LogP contribution in [0.4, 0.5) is 5.69 Å². The highest BCUT2D eigenvalue weighted by atomic mass is 16.6. The quantitative estimate of drug-likeness (QED) is 0.384. The van der Waals surface area contributed by atoms with E-state index < -0.39 is 4.92 Å². The number of carbonyl (C=O) groups is 1. The lowest BCUT2D eigenvalue weighted by molar-refractivity contribution is -0.384. The number of nitro benzene ring substituents is 1. The lowest BCUT2D eigenvalue weighted by atomic mass is 10.1. The molecule has 142 valence electrons. The van der Waals surface area contributed by atoms with Gasteiger partial charge in [0.05, 0.1) is 4.92 Å². The van der Waals surface area contributed by atoms with Crippen molar-refractivity contribution in [2.45, 2.75) is 0 Å². The van der Waals surface area contributed by atoms with Crippen molar-refractivity contribution in [3.8, 4) is 11.5 Å². The highest BCUT2D eigenvalue weighted by Crippen LogP contribution is 2.26. The number of nitro groups is 1. The maximum absolute atomic E-state index is 12.3. The molecule has 4 rings (SSSR count). The van der Waals surface area contributed by atoms with E-state index in [4.69, 9.17) is 4.74 Å². The third-order valence-electron chi connectivity index (χ3n) is 4.36. The van der Waals surface area contributed by atoms with Gasteiger partial charge in [-0.2, -0.15) is 0 Å². The number of ether oxygens (including phenoxy) is 1. The Morgan fingerprint density at radius 2 is 1.62 bits per heavy atom. The van der Waals surface area contributed by atoms with Crippen molar-refractivity contribution >= 4 is 23.4 Å². The molecule has 0 spiro atoms. The van der Waals surface area contributed by atoms with Crippen molar-refractivity contribution < 1.29 is 14.5 Å². The molecule has 1 N–H and O–H groups in total. The first-order chi connectivity index (χ1) is 14.1. The number of carbonyl (C=O) groups excluding carboxylic acids is 1. The predicted octanol–water partition coefficient (Wildman–Crippen LogP) is 4.94. The van der Waals surface area contributed by atoms with Crippen LogP contribution < -0.4 is 10.1 Å². The third kappa shape index (κ3) is 4.22. The van der Waals surface area contributed by atoms with Gasteiger partial charge in [0.15, 0.2) is 0 Å². The molecule has 29 heavy (non-hydrogen) atoms. The number of amides is 1. The molecule has 0 saturated carbocycles. The Hall–Kier alpha value is -4.19. The van der Waals surface area contributed by atoms with E-state index in [9.17, 15) is 14.9 Å². The summed E-state index contributed by atoms with van der Waals surface area (Å²) in [7, 11) is 0. The number of benzene rings is 3. The molecule has 1 aliphatic rings. The summed E-state index contributed by atoms with van der Waals surface area (Å²) in [5.41, 5.74) is 2.51. The van der Waals surface area contributed by atoms with Gasteiger partial charge < -0.3 is 10.1 Å². The second kappa shape index (κ2) is 7.82. The highest BCUT2D eigenvalue weighted by molar-refractivity contribution is 6.10. The van der Waals surface area contributed by atoms with Gasteiger partial charge in [-0.15, -0.1) is 0 Å². The second-order valence-electron chi connectivity index (χ2n) is 6.40. The van der Waals surface area contributed by atoms with Crippen molar-refractivity contribution in [1.29, 1.82) is 0 Å². The summed E-state index contributed by atoms with van der Waals surface area (Å²) in [6.45, 7) is 0.